The first-order valence-corrected chi connectivity index (χ1v) is 8.27. The molecule has 3 heterocycles. The molecule has 0 unspecified atom stereocenters. The molecule has 0 radical (unpaired) electrons. The Balaban J connectivity index is 1.95. The number of aliphatic hydroxyl groups excluding tert-OH is 1. The Morgan fingerprint density at radius 1 is 1.33 bits per heavy atom. The number of nitrogens with zero attached hydrogens (tertiary/aromatic N) is 4. The van der Waals surface area contributed by atoms with Crippen molar-refractivity contribution in [3.05, 3.63) is 17.8 Å². The fourth-order valence-corrected chi connectivity index (χ4v) is 3.86. The average Bonchev–Trinajstić information content (AvgIpc) is 2.85. The van der Waals surface area contributed by atoms with Gasteiger partial charge in [0.1, 0.15) is 12.1 Å². The zero-order valence-electron chi connectivity index (χ0n) is 12.6. The molecule has 1 saturated heterocycles. The minimum Gasteiger partial charge on any atom is -0.396 e. The second-order valence-electron chi connectivity index (χ2n) is 5.98. The summed E-state index contributed by atoms with van der Waals surface area (Å²) in [5.41, 5.74) is 1.01. The number of thiophene rings is 1. The molecule has 21 heavy (non-hydrogen) atoms. The number of anilines is 1. The molecule has 0 amide bonds. The molecule has 0 bridgehead atoms. The minimum atomic E-state index is 0.245. The lowest BCUT2D eigenvalue weighted by molar-refractivity contribution is 0.216. The number of hydrogen-bond acceptors (Lipinski definition) is 6. The number of hydrogen-bond donors (Lipinski definition) is 1. The van der Waals surface area contributed by atoms with Gasteiger partial charge in [-0.2, -0.15) is 0 Å². The van der Waals surface area contributed by atoms with E-state index in [9.17, 15) is 5.11 Å². The molecule has 0 aliphatic carbocycles. The molecule has 1 aliphatic rings. The van der Waals surface area contributed by atoms with Crippen LogP contribution in [0, 0.1) is 5.92 Å². The van der Waals surface area contributed by atoms with Crippen molar-refractivity contribution in [1.29, 1.82) is 0 Å². The fourth-order valence-electron chi connectivity index (χ4n) is 3.00. The molecule has 0 spiro atoms. The number of rotatable bonds is 3. The lowest BCUT2D eigenvalue weighted by Crippen LogP contribution is -2.40. The molecule has 2 aromatic heterocycles. The Morgan fingerprint density at radius 2 is 2.19 bits per heavy atom. The van der Waals surface area contributed by atoms with Crippen LogP contribution in [-0.2, 0) is 0 Å². The maximum atomic E-state index is 9.61. The second kappa shape index (κ2) is 6.25. The van der Waals surface area contributed by atoms with Crippen molar-refractivity contribution in [3.8, 4) is 0 Å². The normalized spacial score (nSPS) is 23.7. The van der Waals surface area contributed by atoms with Crippen LogP contribution in [-0.4, -0.2) is 59.8 Å². The third-order valence-electron chi connectivity index (χ3n) is 4.33. The van der Waals surface area contributed by atoms with E-state index in [4.69, 9.17) is 0 Å². The summed E-state index contributed by atoms with van der Waals surface area (Å²) >= 11 is 1.69. The van der Waals surface area contributed by atoms with Gasteiger partial charge in [0.2, 0.25) is 0 Å². The summed E-state index contributed by atoms with van der Waals surface area (Å²) in [5, 5.41) is 11.7. The van der Waals surface area contributed by atoms with E-state index < -0.39 is 0 Å². The van der Waals surface area contributed by atoms with Gasteiger partial charge in [-0.15, -0.1) is 11.3 Å². The topological polar surface area (TPSA) is 52.5 Å². The highest BCUT2D eigenvalue weighted by Gasteiger charge is 2.27. The van der Waals surface area contributed by atoms with Crippen LogP contribution in [0.15, 0.2) is 17.8 Å². The summed E-state index contributed by atoms with van der Waals surface area (Å²) in [5.74, 6) is 1.34. The van der Waals surface area contributed by atoms with Gasteiger partial charge in [-0.3, -0.25) is 0 Å². The van der Waals surface area contributed by atoms with Crippen molar-refractivity contribution < 1.29 is 5.11 Å². The maximum Gasteiger partial charge on any atom is 0.150 e. The van der Waals surface area contributed by atoms with Crippen molar-refractivity contribution in [2.24, 2.45) is 5.92 Å². The van der Waals surface area contributed by atoms with E-state index in [1.54, 1.807) is 17.7 Å². The summed E-state index contributed by atoms with van der Waals surface area (Å²) in [6, 6.07) is 2.53. The van der Waals surface area contributed by atoms with E-state index in [1.807, 2.05) is 6.07 Å². The molecule has 3 rings (SSSR count). The Labute approximate surface area is 129 Å². The molecule has 0 saturated carbocycles. The van der Waals surface area contributed by atoms with Crippen LogP contribution in [0.2, 0.25) is 0 Å². The Hall–Kier alpha value is -1.24. The number of likely N-dealkylation sites (N-methyl/N-ethyl adjacent to an activating group) is 1. The Kier molecular flexibility index (Phi) is 4.37. The third kappa shape index (κ3) is 3.02. The molecule has 0 aromatic carbocycles. The van der Waals surface area contributed by atoms with Crippen LogP contribution in [0.25, 0.3) is 10.2 Å². The largest absolute Gasteiger partial charge is 0.396 e. The number of aliphatic hydroxyl groups is 1. The van der Waals surface area contributed by atoms with Crippen molar-refractivity contribution >= 4 is 27.4 Å². The maximum absolute atomic E-state index is 9.61. The van der Waals surface area contributed by atoms with Crippen LogP contribution in [0.4, 0.5) is 5.82 Å². The fraction of sp³-hybridized carbons (Fsp3) is 0.600. The second-order valence-corrected chi connectivity index (χ2v) is 6.90. The van der Waals surface area contributed by atoms with Gasteiger partial charge in [-0.1, -0.05) is 0 Å². The molecule has 1 N–H and O–H groups in total. The predicted molar refractivity (Wildman–Crippen MR) is 86.9 cm³/mol. The smallest absolute Gasteiger partial charge is 0.150 e. The quantitative estimate of drug-likeness (QED) is 0.937. The van der Waals surface area contributed by atoms with Crippen LogP contribution in [0.5, 0.6) is 0 Å². The van der Waals surface area contributed by atoms with Gasteiger partial charge in [-0.05, 0) is 44.3 Å². The van der Waals surface area contributed by atoms with E-state index in [0.717, 1.165) is 42.0 Å². The van der Waals surface area contributed by atoms with Crippen LogP contribution in [0.3, 0.4) is 0 Å². The molecule has 2 aromatic rings. The minimum absolute atomic E-state index is 0.245. The van der Waals surface area contributed by atoms with Gasteiger partial charge in [0.15, 0.2) is 0 Å². The zero-order chi connectivity index (χ0) is 14.8. The summed E-state index contributed by atoms with van der Waals surface area (Å²) < 4.78 is 1.15. The van der Waals surface area contributed by atoms with Crippen LogP contribution in [0.1, 0.15) is 12.8 Å². The summed E-state index contributed by atoms with van der Waals surface area (Å²) in [6.07, 6.45) is 3.83. The van der Waals surface area contributed by atoms with Gasteiger partial charge in [0.05, 0.1) is 10.2 Å². The Morgan fingerprint density at radius 3 is 2.95 bits per heavy atom. The SMILES string of the molecule is CN(C)[C@@H]1CC[C@H](CO)CN(c2ncnc3ccsc23)C1. The molecule has 1 aliphatic heterocycles. The molecule has 2 atom stereocenters. The molecule has 6 heteroatoms. The van der Waals surface area contributed by atoms with Gasteiger partial charge in [-0.25, -0.2) is 9.97 Å². The third-order valence-corrected chi connectivity index (χ3v) is 5.23. The lowest BCUT2D eigenvalue weighted by Gasteiger charge is -2.29. The average molecular weight is 306 g/mol. The monoisotopic (exact) mass is 306 g/mol. The van der Waals surface area contributed by atoms with E-state index in [0.29, 0.717) is 12.0 Å². The molecule has 1 fully saturated rings. The van der Waals surface area contributed by atoms with E-state index in [2.05, 4.69) is 39.2 Å². The van der Waals surface area contributed by atoms with Crippen LogP contribution >= 0.6 is 11.3 Å². The van der Waals surface area contributed by atoms with Gasteiger partial charge >= 0.3 is 0 Å². The highest BCUT2D eigenvalue weighted by molar-refractivity contribution is 7.17. The predicted octanol–water partition coefficient (Wildman–Crippen LogP) is 1.83. The number of aromatic nitrogens is 2. The van der Waals surface area contributed by atoms with Crippen molar-refractivity contribution in [3.63, 3.8) is 0 Å². The van der Waals surface area contributed by atoms with E-state index in [-0.39, 0.29) is 6.61 Å². The van der Waals surface area contributed by atoms with Gasteiger partial charge in [0, 0.05) is 25.7 Å². The molecular weight excluding hydrogens is 284 g/mol. The van der Waals surface area contributed by atoms with Crippen LogP contribution < -0.4 is 4.90 Å². The first-order valence-electron chi connectivity index (χ1n) is 7.39. The van der Waals surface area contributed by atoms with Gasteiger partial charge in [0.25, 0.3) is 0 Å². The van der Waals surface area contributed by atoms with Crippen molar-refractivity contribution in [1.82, 2.24) is 14.9 Å². The zero-order valence-corrected chi connectivity index (χ0v) is 13.4. The standard InChI is InChI=1S/C15H22N4OS/c1-18(2)12-4-3-11(9-20)7-19(8-12)15-14-13(5-6-21-14)16-10-17-15/h5-6,10-12,20H,3-4,7-9H2,1-2H3/t11-,12+/m0/s1. The summed E-state index contributed by atoms with van der Waals surface area (Å²) in [7, 11) is 4.26. The molecule has 5 nitrogen and oxygen atoms in total. The highest BCUT2D eigenvalue weighted by atomic mass is 32.1. The molecular formula is C15H22N4OS. The number of fused-ring (bicyclic) bond motifs is 1. The van der Waals surface area contributed by atoms with Crippen molar-refractivity contribution in [2.75, 3.05) is 38.7 Å². The summed E-state index contributed by atoms with van der Waals surface area (Å²) in [4.78, 5) is 13.5. The summed E-state index contributed by atoms with van der Waals surface area (Å²) in [6.45, 7) is 2.06. The van der Waals surface area contributed by atoms with E-state index in [1.165, 1.54) is 0 Å². The Bertz CT molecular complexity index is 600. The first kappa shape index (κ1) is 14.7. The first-order chi connectivity index (χ1) is 10.2. The lowest BCUT2D eigenvalue weighted by atomic mass is 10.0. The molecule has 114 valence electrons. The highest BCUT2D eigenvalue weighted by Crippen LogP contribution is 2.30. The van der Waals surface area contributed by atoms with E-state index >= 15 is 0 Å². The van der Waals surface area contributed by atoms with Gasteiger partial charge < -0.3 is 14.9 Å². The van der Waals surface area contributed by atoms with Crippen molar-refractivity contribution in [2.45, 2.75) is 18.9 Å².